The van der Waals surface area contributed by atoms with E-state index >= 15 is 0 Å². The Bertz CT molecular complexity index is 1240. The van der Waals surface area contributed by atoms with E-state index in [1.165, 1.54) is 24.3 Å². The zero-order valence-electron chi connectivity index (χ0n) is 16.9. The lowest BCUT2D eigenvalue weighted by Gasteiger charge is -2.12. The second kappa shape index (κ2) is 10.2. The van der Waals surface area contributed by atoms with Gasteiger partial charge in [-0.05, 0) is 103 Å². The van der Waals surface area contributed by atoms with Crippen molar-refractivity contribution in [3.63, 3.8) is 0 Å². The van der Waals surface area contributed by atoms with E-state index in [-0.39, 0.29) is 34.9 Å². The summed E-state index contributed by atoms with van der Waals surface area (Å²) in [5, 5.41) is -0.385. The van der Waals surface area contributed by atoms with Crippen molar-refractivity contribution in [2.24, 2.45) is 0 Å². The molecule has 4 rings (SSSR count). The summed E-state index contributed by atoms with van der Waals surface area (Å²) in [6.07, 6.45) is 1.63. The average Bonchev–Trinajstić information content (AvgIpc) is 3.02. The number of amides is 2. The van der Waals surface area contributed by atoms with Gasteiger partial charge in [-0.15, -0.1) is 0 Å². The van der Waals surface area contributed by atoms with E-state index in [0.717, 1.165) is 16.7 Å². The van der Waals surface area contributed by atoms with Gasteiger partial charge in [0, 0.05) is 0 Å². The first-order valence-electron chi connectivity index (χ1n) is 9.66. The number of benzene rings is 3. The van der Waals surface area contributed by atoms with E-state index in [0.29, 0.717) is 31.4 Å². The Hall–Kier alpha value is -2.49. The maximum atomic E-state index is 13.4. The van der Waals surface area contributed by atoms with Gasteiger partial charge in [0.1, 0.15) is 24.0 Å². The fourth-order valence-electron chi connectivity index (χ4n) is 3.14. The number of carbonyl (C=O) groups is 2. The summed E-state index contributed by atoms with van der Waals surface area (Å²) >= 11 is 7.78. The molecule has 0 spiro atoms. The van der Waals surface area contributed by atoms with Gasteiger partial charge in [0.2, 0.25) is 0 Å². The van der Waals surface area contributed by atoms with Crippen LogP contribution in [-0.2, 0) is 17.9 Å². The average molecular weight is 595 g/mol. The largest absolute Gasteiger partial charge is 0.487 e. The quantitative estimate of drug-likeness (QED) is 0.281. The number of thioether (sulfide) groups is 1. The van der Waals surface area contributed by atoms with Crippen LogP contribution in [0.4, 0.5) is 13.6 Å². The summed E-state index contributed by atoms with van der Waals surface area (Å²) in [6.45, 7) is 0.249. The molecule has 3 aromatic rings. The highest BCUT2D eigenvalue weighted by atomic mass is 79.9. The first-order chi connectivity index (χ1) is 15.8. The number of halogens is 4. The summed E-state index contributed by atoms with van der Waals surface area (Å²) < 4.78 is 33.6. The molecule has 1 aliphatic rings. The molecule has 0 radical (unpaired) electrons. The molecule has 1 fully saturated rings. The van der Waals surface area contributed by atoms with Gasteiger partial charge in [-0.3, -0.25) is 14.5 Å². The maximum absolute atomic E-state index is 13.4. The minimum absolute atomic E-state index is 0.0720. The minimum atomic E-state index is -0.409. The van der Waals surface area contributed by atoms with Gasteiger partial charge in [0.15, 0.2) is 0 Å². The Morgan fingerprint density at radius 3 is 2.27 bits per heavy atom. The molecule has 168 valence electrons. The molecular formula is C24H15Br2F2NO3S. The van der Waals surface area contributed by atoms with Crippen LogP contribution in [0.25, 0.3) is 6.08 Å². The van der Waals surface area contributed by atoms with Crippen LogP contribution < -0.4 is 4.74 Å². The molecule has 2 amide bonds. The SMILES string of the molecule is O=C1S/C(=C\c2cc(Br)c(OCc3cccc(F)c3)c(Br)c2)C(=O)N1Cc1ccc(F)cc1. The molecule has 0 atom stereocenters. The monoisotopic (exact) mass is 593 g/mol. The summed E-state index contributed by atoms with van der Waals surface area (Å²) in [5.41, 5.74) is 2.03. The van der Waals surface area contributed by atoms with E-state index < -0.39 is 5.91 Å². The maximum Gasteiger partial charge on any atom is 0.293 e. The van der Waals surface area contributed by atoms with Crippen LogP contribution in [0.3, 0.4) is 0 Å². The topological polar surface area (TPSA) is 46.6 Å². The van der Waals surface area contributed by atoms with Gasteiger partial charge in [-0.25, -0.2) is 8.78 Å². The van der Waals surface area contributed by atoms with Gasteiger partial charge in [-0.2, -0.15) is 0 Å². The number of carbonyl (C=O) groups excluding carboxylic acids is 2. The minimum Gasteiger partial charge on any atom is -0.487 e. The normalized spacial score (nSPS) is 14.9. The van der Waals surface area contributed by atoms with Crippen LogP contribution in [-0.4, -0.2) is 16.0 Å². The molecule has 1 aliphatic heterocycles. The molecule has 4 nitrogen and oxygen atoms in total. The summed E-state index contributed by atoms with van der Waals surface area (Å²) in [7, 11) is 0. The predicted molar refractivity (Wildman–Crippen MR) is 130 cm³/mol. The molecular weight excluding hydrogens is 580 g/mol. The van der Waals surface area contributed by atoms with Crippen LogP contribution >= 0.6 is 43.6 Å². The van der Waals surface area contributed by atoms with Crippen LogP contribution in [0, 0.1) is 11.6 Å². The van der Waals surface area contributed by atoms with E-state index in [1.807, 2.05) is 0 Å². The van der Waals surface area contributed by atoms with Crippen LogP contribution in [0.5, 0.6) is 5.75 Å². The molecule has 3 aromatic carbocycles. The molecule has 0 saturated carbocycles. The number of hydrogen-bond acceptors (Lipinski definition) is 4. The lowest BCUT2D eigenvalue weighted by Crippen LogP contribution is -2.27. The van der Waals surface area contributed by atoms with Gasteiger partial charge in [-0.1, -0.05) is 24.3 Å². The molecule has 0 N–H and O–H groups in total. The first-order valence-corrected chi connectivity index (χ1v) is 12.1. The molecule has 0 aliphatic carbocycles. The van der Waals surface area contributed by atoms with Crippen LogP contribution in [0.15, 0.2) is 74.5 Å². The number of ether oxygens (including phenoxy) is 1. The Labute approximate surface area is 209 Å². The fraction of sp³-hybridized carbons (Fsp3) is 0.0833. The zero-order valence-corrected chi connectivity index (χ0v) is 20.8. The standard InChI is InChI=1S/C24H15Br2F2NO3S/c25-19-9-16(10-20(26)22(19)32-13-15-2-1-3-18(28)8-15)11-21-23(30)29(24(31)33-21)12-14-4-6-17(27)7-5-14/h1-11H,12-13H2/b21-11-. The predicted octanol–water partition coefficient (Wildman–Crippen LogP) is 7.31. The Morgan fingerprint density at radius 2 is 1.61 bits per heavy atom. The smallest absolute Gasteiger partial charge is 0.293 e. The highest BCUT2D eigenvalue weighted by molar-refractivity contribution is 9.11. The van der Waals surface area contributed by atoms with Gasteiger partial charge in [0.25, 0.3) is 11.1 Å². The highest BCUT2D eigenvalue weighted by Crippen LogP contribution is 2.38. The third kappa shape index (κ3) is 5.72. The first kappa shape index (κ1) is 23.7. The van der Waals surface area contributed by atoms with Crippen molar-refractivity contribution in [1.82, 2.24) is 4.90 Å². The lowest BCUT2D eigenvalue weighted by molar-refractivity contribution is -0.123. The van der Waals surface area contributed by atoms with Crippen molar-refractivity contribution in [2.75, 3.05) is 0 Å². The Balaban J connectivity index is 1.49. The second-order valence-electron chi connectivity index (χ2n) is 7.13. The van der Waals surface area contributed by atoms with Crippen molar-refractivity contribution in [3.8, 4) is 5.75 Å². The van der Waals surface area contributed by atoms with E-state index in [9.17, 15) is 18.4 Å². The highest BCUT2D eigenvalue weighted by Gasteiger charge is 2.35. The number of rotatable bonds is 6. The van der Waals surface area contributed by atoms with Gasteiger partial charge >= 0.3 is 0 Å². The Kier molecular flexibility index (Phi) is 7.31. The number of hydrogen-bond donors (Lipinski definition) is 0. The van der Waals surface area contributed by atoms with Crippen molar-refractivity contribution in [2.45, 2.75) is 13.2 Å². The fourth-order valence-corrected chi connectivity index (χ4v) is 5.43. The van der Waals surface area contributed by atoms with Gasteiger partial charge in [0.05, 0.1) is 20.4 Å². The van der Waals surface area contributed by atoms with Crippen molar-refractivity contribution < 1.29 is 23.1 Å². The van der Waals surface area contributed by atoms with Crippen LogP contribution in [0.1, 0.15) is 16.7 Å². The second-order valence-corrected chi connectivity index (χ2v) is 9.83. The molecule has 0 bridgehead atoms. The lowest BCUT2D eigenvalue weighted by atomic mass is 10.2. The van der Waals surface area contributed by atoms with Crippen molar-refractivity contribution in [1.29, 1.82) is 0 Å². The van der Waals surface area contributed by atoms with E-state index in [4.69, 9.17) is 4.74 Å². The van der Waals surface area contributed by atoms with E-state index in [1.54, 1.807) is 42.5 Å². The Morgan fingerprint density at radius 1 is 0.909 bits per heavy atom. The third-order valence-corrected chi connectivity index (χ3v) is 6.80. The van der Waals surface area contributed by atoms with Crippen molar-refractivity contribution in [3.05, 3.63) is 103 Å². The molecule has 1 saturated heterocycles. The molecule has 0 aromatic heterocycles. The molecule has 0 unspecified atom stereocenters. The molecule has 9 heteroatoms. The van der Waals surface area contributed by atoms with Crippen molar-refractivity contribution >= 4 is 60.8 Å². The number of imide groups is 1. The van der Waals surface area contributed by atoms with E-state index in [2.05, 4.69) is 31.9 Å². The summed E-state index contributed by atoms with van der Waals surface area (Å²) in [6, 6.07) is 15.3. The zero-order chi connectivity index (χ0) is 23.5. The van der Waals surface area contributed by atoms with Crippen LogP contribution in [0.2, 0.25) is 0 Å². The number of nitrogens with zero attached hydrogens (tertiary/aromatic N) is 1. The molecule has 33 heavy (non-hydrogen) atoms. The molecule has 1 heterocycles. The third-order valence-electron chi connectivity index (χ3n) is 4.72. The van der Waals surface area contributed by atoms with Gasteiger partial charge < -0.3 is 4.74 Å². The summed E-state index contributed by atoms with van der Waals surface area (Å²) in [5.74, 6) is -0.598. The summed E-state index contributed by atoms with van der Waals surface area (Å²) in [4.78, 5) is 26.6.